The Morgan fingerprint density at radius 2 is 1.92 bits per heavy atom. The summed E-state index contributed by atoms with van der Waals surface area (Å²) < 4.78 is 11.2. The van der Waals surface area contributed by atoms with E-state index in [1.54, 1.807) is 37.3 Å². The van der Waals surface area contributed by atoms with Crippen LogP contribution in [0.15, 0.2) is 55.1 Å². The molecular weight excluding hydrogens is 302 g/mol. The van der Waals surface area contributed by atoms with Gasteiger partial charge < -0.3 is 14.8 Å². The molecule has 24 heavy (non-hydrogen) atoms. The van der Waals surface area contributed by atoms with Crippen LogP contribution in [0.4, 0.5) is 5.69 Å². The van der Waals surface area contributed by atoms with Gasteiger partial charge in [-0.25, -0.2) is 0 Å². The molecule has 1 atom stereocenters. The van der Waals surface area contributed by atoms with E-state index in [2.05, 4.69) is 11.9 Å². The highest BCUT2D eigenvalue weighted by molar-refractivity contribution is 5.94. The third kappa shape index (κ3) is 4.88. The molecule has 1 amide bonds. The lowest BCUT2D eigenvalue weighted by molar-refractivity contribution is -0.122. The first-order valence-electron chi connectivity index (χ1n) is 7.88. The summed E-state index contributed by atoms with van der Waals surface area (Å²) in [6.07, 6.45) is 1.09. The van der Waals surface area contributed by atoms with E-state index in [1.807, 2.05) is 32.0 Å². The van der Waals surface area contributed by atoms with Crippen molar-refractivity contribution < 1.29 is 14.3 Å². The van der Waals surface area contributed by atoms with E-state index < -0.39 is 6.10 Å². The van der Waals surface area contributed by atoms with Crippen molar-refractivity contribution >= 4 is 11.6 Å². The number of ether oxygens (including phenoxy) is 2. The average molecular weight is 325 g/mol. The van der Waals surface area contributed by atoms with Crippen molar-refractivity contribution in [3.8, 4) is 11.5 Å². The highest BCUT2D eigenvalue weighted by Gasteiger charge is 2.16. The second-order valence-corrected chi connectivity index (χ2v) is 5.64. The summed E-state index contributed by atoms with van der Waals surface area (Å²) in [6.45, 7) is 9.74. The zero-order chi connectivity index (χ0) is 17.5. The molecule has 0 aliphatic rings. The monoisotopic (exact) mass is 325 g/mol. The lowest BCUT2D eigenvalue weighted by Crippen LogP contribution is -2.30. The van der Waals surface area contributed by atoms with Crippen LogP contribution in [0, 0.1) is 13.8 Å². The van der Waals surface area contributed by atoms with Gasteiger partial charge in [0, 0.05) is 5.69 Å². The normalized spacial score (nSPS) is 11.5. The first-order chi connectivity index (χ1) is 11.5. The molecule has 0 saturated heterocycles. The number of aryl methyl sites for hydroxylation is 2. The molecule has 2 rings (SSSR count). The number of hydrogen-bond donors (Lipinski definition) is 1. The molecule has 126 valence electrons. The van der Waals surface area contributed by atoms with Crippen molar-refractivity contribution in [1.29, 1.82) is 0 Å². The van der Waals surface area contributed by atoms with Crippen LogP contribution >= 0.6 is 0 Å². The summed E-state index contributed by atoms with van der Waals surface area (Å²) >= 11 is 0. The molecule has 0 fully saturated rings. The van der Waals surface area contributed by atoms with E-state index in [4.69, 9.17) is 9.47 Å². The van der Waals surface area contributed by atoms with E-state index in [9.17, 15) is 4.79 Å². The average Bonchev–Trinajstić information content (AvgIpc) is 2.57. The fourth-order valence-corrected chi connectivity index (χ4v) is 2.11. The van der Waals surface area contributed by atoms with Gasteiger partial charge in [0.1, 0.15) is 18.1 Å². The number of carbonyl (C=O) groups excluding carboxylic acids is 1. The van der Waals surface area contributed by atoms with Crippen LogP contribution < -0.4 is 14.8 Å². The molecule has 0 bridgehead atoms. The van der Waals surface area contributed by atoms with Crippen molar-refractivity contribution in [2.45, 2.75) is 26.9 Å². The number of anilines is 1. The van der Waals surface area contributed by atoms with E-state index in [1.165, 1.54) is 0 Å². The molecular formula is C20H23NO3. The Hall–Kier alpha value is -2.75. The minimum absolute atomic E-state index is 0.198. The standard InChI is InChI=1S/C20H23NO3/c1-5-12-23-18-10-8-17(9-11-18)21-20(22)16(4)24-19-13-14(2)6-7-15(19)3/h5-11,13,16H,1,12H2,2-4H3,(H,21,22)/t16-/m1/s1. The van der Waals surface area contributed by atoms with Crippen LogP contribution in [-0.2, 0) is 4.79 Å². The lowest BCUT2D eigenvalue weighted by atomic mass is 10.1. The van der Waals surface area contributed by atoms with Crippen molar-refractivity contribution in [2.24, 2.45) is 0 Å². The molecule has 0 heterocycles. The van der Waals surface area contributed by atoms with Gasteiger partial charge in [0.25, 0.3) is 5.91 Å². The van der Waals surface area contributed by atoms with Crippen LogP contribution in [0.5, 0.6) is 11.5 Å². The number of hydrogen-bond acceptors (Lipinski definition) is 3. The predicted molar refractivity (Wildman–Crippen MR) is 96.8 cm³/mol. The largest absolute Gasteiger partial charge is 0.490 e. The van der Waals surface area contributed by atoms with E-state index in [-0.39, 0.29) is 5.91 Å². The molecule has 2 aromatic rings. The Morgan fingerprint density at radius 1 is 1.21 bits per heavy atom. The van der Waals surface area contributed by atoms with Gasteiger partial charge in [-0.15, -0.1) is 0 Å². The Bertz CT molecular complexity index is 707. The number of rotatable bonds is 7. The molecule has 4 heteroatoms. The van der Waals surface area contributed by atoms with Gasteiger partial charge >= 0.3 is 0 Å². The third-order valence-electron chi connectivity index (χ3n) is 3.51. The van der Waals surface area contributed by atoms with Gasteiger partial charge in [-0.2, -0.15) is 0 Å². The molecule has 1 N–H and O–H groups in total. The van der Waals surface area contributed by atoms with Crippen LogP contribution in [0.1, 0.15) is 18.1 Å². The SMILES string of the molecule is C=CCOc1ccc(NC(=O)[C@@H](C)Oc2cc(C)ccc2C)cc1. The number of carbonyl (C=O) groups is 1. The minimum Gasteiger partial charge on any atom is -0.490 e. The number of nitrogens with one attached hydrogen (secondary N) is 1. The highest BCUT2D eigenvalue weighted by atomic mass is 16.5. The van der Waals surface area contributed by atoms with E-state index >= 15 is 0 Å². The number of amides is 1. The Morgan fingerprint density at radius 3 is 2.58 bits per heavy atom. The van der Waals surface area contributed by atoms with Crippen molar-refractivity contribution in [3.05, 3.63) is 66.2 Å². The third-order valence-corrected chi connectivity index (χ3v) is 3.51. The first kappa shape index (κ1) is 17.6. The van der Waals surface area contributed by atoms with Crippen LogP contribution in [-0.4, -0.2) is 18.6 Å². The summed E-state index contributed by atoms with van der Waals surface area (Å²) in [6, 6.07) is 13.1. The second kappa shape index (κ2) is 8.20. The maximum atomic E-state index is 12.3. The Labute approximate surface area is 143 Å². The zero-order valence-corrected chi connectivity index (χ0v) is 14.3. The smallest absolute Gasteiger partial charge is 0.265 e. The Kier molecular flexibility index (Phi) is 6.01. The van der Waals surface area contributed by atoms with Gasteiger partial charge in [0.15, 0.2) is 6.10 Å². The topological polar surface area (TPSA) is 47.6 Å². The fourth-order valence-electron chi connectivity index (χ4n) is 2.11. The van der Waals surface area contributed by atoms with Crippen molar-refractivity contribution in [3.63, 3.8) is 0 Å². The molecule has 0 radical (unpaired) electrons. The van der Waals surface area contributed by atoms with E-state index in [0.29, 0.717) is 12.3 Å². The molecule has 2 aromatic carbocycles. The summed E-state index contributed by atoms with van der Waals surface area (Å²) in [7, 11) is 0. The first-order valence-corrected chi connectivity index (χ1v) is 7.88. The van der Waals surface area contributed by atoms with E-state index in [0.717, 1.165) is 22.6 Å². The Balaban J connectivity index is 1.95. The van der Waals surface area contributed by atoms with Crippen molar-refractivity contribution in [2.75, 3.05) is 11.9 Å². The van der Waals surface area contributed by atoms with Gasteiger partial charge in [-0.1, -0.05) is 24.8 Å². The van der Waals surface area contributed by atoms with Crippen LogP contribution in [0.3, 0.4) is 0 Å². The molecule has 0 aromatic heterocycles. The van der Waals surface area contributed by atoms with Crippen LogP contribution in [0.2, 0.25) is 0 Å². The second-order valence-electron chi connectivity index (χ2n) is 5.64. The zero-order valence-electron chi connectivity index (χ0n) is 14.3. The van der Waals surface area contributed by atoms with Gasteiger partial charge in [-0.05, 0) is 62.2 Å². The van der Waals surface area contributed by atoms with Gasteiger partial charge in [0.05, 0.1) is 0 Å². The van der Waals surface area contributed by atoms with Gasteiger partial charge in [-0.3, -0.25) is 4.79 Å². The molecule has 0 spiro atoms. The maximum Gasteiger partial charge on any atom is 0.265 e. The molecule has 0 unspecified atom stereocenters. The minimum atomic E-state index is -0.595. The molecule has 0 saturated carbocycles. The highest BCUT2D eigenvalue weighted by Crippen LogP contribution is 2.21. The molecule has 4 nitrogen and oxygen atoms in total. The van der Waals surface area contributed by atoms with Crippen molar-refractivity contribution in [1.82, 2.24) is 0 Å². The molecule has 0 aliphatic carbocycles. The predicted octanol–water partition coefficient (Wildman–Crippen LogP) is 4.27. The summed E-state index contributed by atoms with van der Waals surface area (Å²) in [5, 5.41) is 2.84. The summed E-state index contributed by atoms with van der Waals surface area (Å²) in [4.78, 5) is 12.3. The maximum absolute atomic E-state index is 12.3. The molecule has 0 aliphatic heterocycles. The number of benzene rings is 2. The summed E-state index contributed by atoms with van der Waals surface area (Å²) in [5.74, 6) is 1.26. The summed E-state index contributed by atoms with van der Waals surface area (Å²) in [5.41, 5.74) is 2.80. The lowest BCUT2D eigenvalue weighted by Gasteiger charge is -2.17. The quantitative estimate of drug-likeness (QED) is 0.773. The van der Waals surface area contributed by atoms with Gasteiger partial charge in [0.2, 0.25) is 0 Å². The van der Waals surface area contributed by atoms with Crippen LogP contribution in [0.25, 0.3) is 0 Å². The fraction of sp³-hybridized carbons (Fsp3) is 0.250.